The number of aromatic nitrogens is 2. The second-order valence-corrected chi connectivity index (χ2v) is 8.74. The van der Waals surface area contributed by atoms with Crippen molar-refractivity contribution >= 4 is 11.3 Å². The van der Waals surface area contributed by atoms with Gasteiger partial charge in [0.25, 0.3) is 0 Å². The number of aromatic amines is 1. The summed E-state index contributed by atoms with van der Waals surface area (Å²) in [5.41, 5.74) is 3.17. The van der Waals surface area contributed by atoms with E-state index in [0.29, 0.717) is 5.69 Å². The Balaban J connectivity index is 2.01. The van der Waals surface area contributed by atoms with Gasteiger partial charge in [0, 0.05) is 5.56 Å². The molecule has 0 bridgehead atoms. The van der Waals surface area contributed by atoms with E-state index in [1.807, 2.05) is 54.6 Å². The maximum atomic E-state index is 13.1. The molecule has 2 N–H and O–H groups in total. The van der Waals surface area contributed by atoms with Gasteiger partial charge < -0.3 is 10.1 Å². The molecule has 0 radical (unpaired) electrons. The smallest absolute Gasteiger partial charge is 0.150 e. The molecule has 2 heterocycles. The predicted molar refractivity (Wildman–Crippen MR) is 130 cm³/mol. The summed E-state index contributed by atoms with van der Waals surface area (Å²) in [7, 11) is 0. The number of hydrogen-bond donors (Lipinski definition) is 2. The van der Waals surface area contributed by atoms with Crippen LogP contribution in [-0.4, -0.2) is 15.1 Å². The number of thiophene rings is 1. The Morgan fingerprint density at radius 3 is 1.62 bits per heavy atom. The van der Waals surface area contributed by atoms with E-state index in [-0.39, 0.29) is 0 Å². The van der Waals surface area contributed by atoms with E-state index in [2.05, 4.69) is 64.1 Å². The van der Waals surface area contributed by atoms with Crippen LogP contribution in [0.15, 0.2) is 114 Å². The van der Waals surface area contributed by atoms with Crippen LogP contribution in [0.5, 0.6) is 0 Å². The zero-order chi connectivity index (χ0) is 22.0. The lowest BCUT2D eigenvalue weighted by molar-refractivity contribution is 0.0241. The minimum atomic E-state index is -1.45. The Bertz CT molecular complexity index is 1180. The fourth-order valence-corrected chi connectivity index (χ4v) is 5.82. The topological polar surface area (TPSA) is 48.9 Å². The van der Waals surface area contributed by atoms with Gasteiger partial charge in [-0.1, -0.05) is 91.0 Å². The number of hydrogen-bond acceptors (Lipinski definition) is 3. The van der Waals surface area contributed by atoms with Crippen LogP contribution in [0.4, 0.5) is 0 Å². The molecule has 5 aromatic rings. The summed E-state index contributed by atoms with van der Waals surface area (Å²) < 4.78 is 0. The number of aryl methyl sites for hydroxylation is 1. The number of H-pyrrole nitrogens is 1. The molecule has 0 saturated carbocycles. The first kappa shape index (κ1) is 20.4. The van der Waals surface area contributed by atoms with E-state index < -0.39 is 11.0 Å². The van der Waals surface area contributed by atoms with Crippen molar-refractivity contribution in [1.82, 2.24) is 9.97 Å². The second-order valence-electron chi connectivity index (χ2n) is 7.99. The van der Waals surface area contributed by atoms with E-state index in [1.165, 1.54) is 0 Å². The zero-order valence-corrected chi connectivity index (χ0v) is 18.6. The largest absolute Gasteiger partial charge is 0.377 e. The molecule has 1 atom stereocenters. The van der Waals surface area contributed by atoms with Crippen LogP contribution in [0.2, 0.25) is 0 Å². The van der Waals surface area contributed by atoms with Crippen molar-refractivity contribution in [3.8, 4) is 0 Å². The second kappa shape index (κ2) is 8.23. The van der Waals surface area contributed by atoms with Gasteiger partial charge in [-0.05, 0) is 39.9 Å². The first-order chi connectivity index (χ1) is 15.7. The number of rotatable bonds is 6. The first-order valence-electron chi connectivity index (χ1n) is 10.6. The number of nitrogens with one attached hydrogen (secondary N) is 1. The molecule has 3 nitrogen and oxygen atoms in total. The van der Waals surface area contributed by atoms with E-state index in [0.717, 1.165) is 27.8 Å². The molecule has 0 saturated heterocycles. The van der Waals surface area contributed by atoms with Crippen LogP contribution in [0, 0.1) is 6.92 Å². The Hall–Kier alpha value is -3.47. The number of benzene rings is 3. The highest BCUT2D eigenvalue weighted by Gasteiger charge is 2.57. The average Bonchev–Trinajstić information content (AvgIpc) is 3.54. The molecule has 0 aliphatic heterocycles. The molecule has 1 unspecified atom stereocenters. The van der Waals surface area contributed by atoms with E-state index in [1.54, 1.807) is 23.9 Å². The summed E-state index contributed by atoms with van der Waals surface area (Å²) >= 11 is 1.60. The fraction of sp³-hybridized carbons (Fsp3) is 0.107. The van der Waals surface area contributed by atoms with Crippen LogP contribution in [0.25, 0.3) is 0 Å². The normalized spacial score (nSPS) is 13.6. The van der Waals surface area contributed by atoms with Gasteiger partial charge in [0.1, 0.15) is 5.60 Å². The number of imidazole rings is 1. The van der Waals surface area contributed by atoms with Gasteiger partial charge in [-0.2, -0.15) is 11.3 Å². The maximum Gasteiger partial charge on any atom is 0.150 e. The Labute approximate surface area is 192 Å². The Morgan fingerprint density at radius 2 is 1.25 bits per heavy atom. The van der Waals surface area contributed by atoms with Gasteiger partial charge >= 0.3 is 0 Å². The monoisotopic (exact) mass is 436 g/mol. The van der Waals surface area contributed by atoms with Crippen LogP contribution < -0.4 is 0 Å². The molecule has 3 aromatic carbocycles. The van der Waals surface area contributed by atoms with Crippen molar-refractivity contribution in [3.05, 3.63) is 148 Å². The lowest BCUT2D eigenvalue weighted by Crippen LogP contribution is -2.52. The summed E-state index contributed by atoms with van der Waals surface area (Å²) in [5.74, 6) is 0. The van der Waals surface area contributed by atoms with Gasteiger partial charge in [0.15, 0.2) is 0 Å². The number of nitrogens with zero attached hydrogens (tertiary/aromatic N) is 1. The van der Waals surface area contributed by atoms with Crippen molar-refractivity contribution in [2.24, 2.45) is 0 Å². The Morgan fingerprint density at radius 1 is 0.750 bits per heavy atom. The van der Waals surface area contributed by atoms with E-state index in [9.17, 15) is 5.11 Å². The van der Waals surface area contributed by atoms with Crippen molar-refractivity contribution in [2.45, 2.75) is 17.9 Å². The average molecular weight is 437 g/mol. The molecule has 0 spiro atoms. The van der Waals surface area contributed by atoms with Gasteiger partial charge in [-0.25, -0.2) is 4.98 Å². The highest BCUT2D eigenvalue weighted by molar-refractivity contribution is 7.08. The van der Waals surface area contributed by atoms with Gasteiger partial charge in [-0.15, -0.1) is 0 Å². The van der Waals surface area contributed by atoms with Gasteiger partial charge in [-0.3, -0.25) is 0 Å². The quantitative estimate of drug-likeness (QED) is 0.318. The fourth-order valence-electron chi connectivity index (χ4n) is 4.93. The van der Waals surface area contributed by atoms with Crippen molar-refractivity contribution in [3.63, 3.8) is 0 Å². The Kier molecular flexibility index (Phi) is 5.25. The summed E-state index contributed by atoms with van der Waals surface area (Å²) in [5, 5.41) is 17.3. The molecule has 2 aromatic heterocycles. The highest BCUT2D eigenvalue weighted by atomic mass is 32.1. The van der Waals surface area contributed by atoms with Crippen molar-refractivity contribution in [1.29, 1.82) is 0 Å². The third-order valence-electron chi connectivity index (χ3n) is 6.30. The molecule has 5 rings (SSSR count). The van der Waals surface area contributed by atoms with Crippen molar-refractivity contribution in [2.75, 3.05) is 0 Å². The zero-order valence-electron chi connectivity index (χ0n) is 17.8. The standard InChI is InChI=1S/C28H24N2OS/c1-21-18-32-19-25(21)28(31,26-17-29-20-30-26)27(22-11-5-2-6-12-22,23-13-7-3-8-14-23)24-15-9-4-10-16-24/h2-20,31H,1H3,(H,29,30). The third kappa shape index (κ3) is 2.95. The molecular weight excluding hydrogens is 412 g/mol. The molecule has 32 heavy (non-hydrogen) atoms. The summed E-state index contributed by atoms with van der Waals surface area (Å²) in [6.07, 6.45) is 3.37. The lowest BCUT2D eigenvalue weighted by atomic mass is 9.56. The van der Waals surface area contributed by atoms with E-state index in [4.69, 9.17) is 0 Å². The van der Waals surface area contributed by atoms with Gasteiger partial charge in [0.2, 0.25) is 0 Å². The SMILES string of the molecule is Cc1cscc1C(O)(c1cnc[nH]1)C(c1ccccc1)(c1ccccc1)c1ccccc1. The molecule has 0 aliphatic carbocycles. The minimum Gasteiger partial charge on any atom is -0.377 e. The third-order valence-corrected chi connectivity index (χ3v) is 7.16. The summed E-state index contributed by atoms with van der Waals surface area (Å²) in [6, 6.07) is 30.8. The van der Waals surface area contributed by atoms with Crippen LogP contribution in [-0.2, 0) is 11.0 Å². The summed E-state index contributed by atoms with van der Waals surface area (Å²) in [6.45, 7) is 2.05. The minimum absolute atomic E-state index is 0.649. The lowest BCUT2D eigenvalue weighted by Gasteiger charge is -2.48. The maximum absolute atomic E-state index is 13.1. The van der Waals surface area contributed by atoms with Gasteiger partial charge in [0.05, 0.1) is 23.6 Å². The molecular formula is C28H24N2OS. The van der Waals surface area contributed by atoms with Crippen LogP contribution in [0.1, 0.15) is 33.5 Å². The van der Waals surface area contributed by atoms with E-state index >= 15 is 0 Å². The molecule has 0 aliphatic rings. The predicted octanol–water partition coefficient (Wildman–Crippen LogP) is 6.05. The molecule has 158 valence electrons. The molecule has 0 fully saturated rings. The first-order valence-corrected chi connectivity index (χ1v) is 11.5. The van der Waals surface area contributed by atoms with Crippen molar-refractivity contribution < 1.29 is 5.11 Å². The molecule has 4 heteroatoms. The summed E-state index contributed by atoms with van der Waals surface area (Å²) in [4.78, 5) is 7.56. The highest BCUT2D eigenvalue weighted by Crippen LogP contribution is 2.55. The molecule has 0 amide bonds. The van der Waals surface area contributed by atoms with Crippen LogP contribution in [0.3, 0.4) is 0 Å². The number of aliphatic hydroxyl groups is 1. The van der Waals surface area contributed by atoms with Crippen LogP contribution >= 0.6 is 11.3 Å².